The van der Waals surface area contributed by atoms with Crippen LogP contribution in [0.3, 0.4) is 0 Å². The smallest absolute Gasteiger partial charge is 0.410 e. The van der Waals surface area contributed by atoms with Crippen molar-refractivity contribution in [1.29, 1.82) is 0 Å². The number of nitrogens with zero attached hydrogens (tertiary/aromatic N) is 2. The number of carbonyl (C=O) groups excluding carboxylic acids is 2. The first-order chi connectivity index (χ1) is 14.9. The Labute approximate surface area is 183 Å². The first-order valence-corrected chi connectivity index (χ1v) is 9.83. The van der Waals surface area contributed by atoms with Gasteiger partial charge in [-0.1, -0.05) is 13.8 Å². The minimum atomic E-state index is -1.24. The van der Waals surface area contributed by atoms with Gasteiger partial charge in [-0.3, -0.25) is 9.59 Å². The van der Waals surface area contributed by atoms with E-state index in [0.717, 1.165) is 0 Å². The average Bonchev–Trinajstić information content (AvgIpc) is 2.62. The van der Waals surface area contributed by atoms with Crippen molar-refractivity contribution < 1.29 is 48.8 Å². The molecule has 184 valence electrons. The molecule has 0 spiro atoms. The van der Waals surface area contributed by atoms with E-state index in [4.69, 9.17) is 14.6 Å². The zero-order valence-electron chi connectivity index (χ0n) is 18.1. The molecular formula is C17H29N3O12. The number of hydrogen-bond donors (Lipinski definition) is 2. The van der Waals surface area contributed by atoms with E-state index < -0.39 is 47.2 Å². The first kappa shape index (κ1) is 28.6. The third-order valence-electron chi connectivity index (χ3n) is 3.88. The molecule has 3 atom stereocenters. The lowest BCUT2D eigenvalue weighted by molar-refractivity contribution is -0.790. The summed E-state index contributed by atoms with van der Waals surface area (Å²) < 4.78 is 9.76. The van der Waals surface area contributed by atoms with Crippen LogP contribution in [0.15, 0.2) is 0 Å². The molecular weight excluding hydrogens is 438 g/mol. The van der Waals surface area contributed by atoms with Crippen LogP contribution in [0.2, 0.25) is 0 Å². The van der Waals surface area contributed by atoms with Gasteiger partial charge in [0.1, 0.15) is 12.7 Å². The number of hydrogen-bond acceptors (Lipinski definition) is 11. The highest BCUT2D eigenvalue weighted by Crippen LogP contribution is 2.15. The summed E-state index contributed by atoms with van der Waals surface area (Å²) in [5, 5.41) is 29.7. The standard InChI is InChI=1S/C17H29N3O12/c1-11(2)7-13(8-15(21)22)9-18-17(24)31-12(3)30-16(23)6-4-5-14(32-20(27)28)10-29-19(25)26/h11-14H,4-10H2,1-3H3,(H,18,24)(H,21,22)/t12?,13-,14?/m0/s1. The van der Waals surface area contributed by atoms with Crippen LogP contribution in [-0.4, -0.2) is 58.9 Å². The number of carboxylic acids is 1. The zero-order valence-corrected chi connectivity index (χ0v) is 18.1. The predicted octanol–water partition coefficient (Wildman–Crippen LogP) is 1.69. The maximum absolute atomic E-state index is 11.8. The van der Waals surface area contributed by atoms with Crippen LogP contribution in [0.25, 0.3) is 0 Å². The lowest BCUT2D eigenvalue weighted by Gasteiger charge is -2.19. The molecule has 0 aliphatic rings. The minimum absolute atomic E-state index is 0.0312. The molecule has 0 aromatic carbocycles. The molecule has 0 rings (SSSR count). The molecule has 0 fully saturated rings. The predicted molar refractivity (Wildman–Crippen MR) is 104 cm³/mol. The van der Waals surface area contributed by atoms with Crippen molar-refractivity contribution in [3.63, 3.8) is 0 Å². The van der Waals surface area contributed by atoms with Gasteiger partial charge in [-0.2, -0.15) is 0 Å². The lowest BCUT2D eigenvalue weighted by atomic mass is 9.94. The van der Waals surface area contributed by atoms with Crippen LogP contribution in [0.5, 0.6) is 0 Å². The quantitative estimate of drug-likeness (QED) is 0.136. The number of aliphatic carboxylic acids is 1. The highest BCUT2D eigenvalue weighted by Gasteiger charge is 2.20. The summed E-state index contributed by atoms with van der Waals surface area (Å²) in [6, 6.07) is 0. The average molecular weight is 467 g/mol. The van der Waals surface area contributed by atoms with Gasteiger partial charge < -0.3 is 29.6 Å². The fourth-order valence-electron chi connectivity index (χ4n) is 2.75. The molecule has 2 N–H and O–H groups in total. The molecule has 0 aliphatic heterocycles. The molecule has 0 heterocycles. The summed E-state index contributed by atoms with van der Waals surface area (Å²) in [5.41, 5.74) is 0. The highest BCUT2D eigenvalue weighted by atomic mass is 17.0. The van der Waals surface area contributed by atoms with Crippen molar-refractivity contribution in [1.82, 2.24) is 5.32 Å². The van der Waals surface area contributed by atoms with Crippen molar-refractivity contribution >= 4 is 18.0 Å². The fourth-order valence-corrected chi connectivity index (χ4v) is 2.75. The van der Waals surface area contributed by atoms with E-state index in [2.05, 4.69) is 15.0 Å². The van der Waals surface area contributed by atoms with Gasteiger partial charge in [0, 0.05) is 26.3 Å². The monoisotopic (exact) mass is 467 g/mol. The van der Waals surface area contributed by atoms with E-state index in [1.807, 2.05) is 13.8 Å². The van der Waals surface area contributed by atoms with E-state index in [1.54, 1.807) is 0 Å². The van der Waals surface area contributed by atoms with Gasteiger partial charge in [-0.25, -0.2) is 4.79 Å². The van der Waals surface area contributed by atoms with Crippen molar-refractivity contribution in [2.24, 2.45) is 11.8 Å². The Morgan fingerprint density at radius 1 is 1.06 bits per heavy atom. The molecule has 0 aromatic rings. The molecule has 15 heteroatoms. The summed E-state index contributed by atoms with van der Waals surface area (Å²) in [6.45, 7) is 4.55. The van der Waals surface area contributed by atoms with Crippen molar-refractivity contribution in [3.05, 3.63) is 20.2 Å². The lowest BCUT2D eigenvalue weighted by Crippen LogP contribution is -2.34. The van der Waals surface area contributed by atoms with Gasteiger partial charge in [0.05, 0.1) is 0 Å². The molecule has 0 saturated carbocycles. The Kier molecular flexibility index (Phi) is 13.8. The van der Waals surface area contributed by atoms with Crippen LogP contribution in [0.1, 0.15) is 52.9 Å². The zero-order chi connectivity index (χ0) is 24.7. The normalized spacial score (nSPS) is 13.4. The molecule has 0 bridgehead atoms. The third-order valence-corrected chi connectivity index (χ3v) is 3.88. The number of carboxylic acid groups (broad SMARTS) is 1. The van der Waals surface area contributed by atoms with Gasteiger partial charge in [0.25, 0.3) is 10.2 Å². The summed E-state index contributed by atoms with van der Waals surface area (Å²) >= 11 is 0. The highest BCUT2D eigenvalue weighted by molar-refractivity contribution is 5.70. The number of nitrogens with one attached hydrogen (secondary N) is 1. The largest absolute Gasteiger partial charge is 0.481 e. The molecule has 32 heavy (non-hydrogen) atoms. The molecule has 15 nitrogen and oxygen atoms in total. The van der Waals surface area contributed by atoms with Crippen LogP contribution in [-0.2, 0) is 28.7 Å². The number of ether oxygens (including phenoxy) is 2. The number of amides is 1. The topological polar surface area (TPSA) is 207 Å². The Hall–Kier alpha value is -3.39. The fraction of sp³-hybridized carbons (Fsp3) is 0.824. The Morgan fingerprint density at radius 3 is 2.25 bits per heavy atom. The second kappa shape index (κ2) is 15.4. The summed E-state index contributed by atoms with van der Waals surface area (Å²) in [4.78, 5) is 63.3. The first-order valence-electron chi connectivity index (χ1n) is 9.83. The molecule has 2 unspecified atom stereocenters. The maximum atomic E-state index is 11.8. The summed E-state index contributed by atoms with van der Waals surface area (Å²) in [7, 11) is 0. The van der Waals surface area contributed by atoms with E-state index in [-0.39, 0.29) is 44.1 Å². The number of rotatable bonds is 17. The van der Waals surface area contributed by atoms with Crippen molar-refractivity contribution in [2.45, 2.75) is 65.3 Å². The Morgan fingerprint density at radius 2 is 1.72 bits per heavy atom. The van der Waals surface area contributed by atoms with Gasteiger partial charge in [0.2, 0.25) is 6.29 Å². The van der Waals surface area contributed by atoms with Gasteiger partial charge in [-0.15, -0.1) is 20.2 Å². The van der Waals surface area contributed by atoms with Gasteiger partial charge in [-0.05, 0) is 31.1 Å². The summed E-state index contributed by atoms with van der Waals surface area (Å²) in [6.07, 6.45) is -3.19. The molecule has 0 aromatic heterocycles. The van der Waals surface area contributed by atoms with Crippen molar-refractivity contribution in [2.75, 3.05) is 13.2 Å². The number of carbonyl (C=O) groups is 3. The summed E-state index contributed by atoms with van der Waals surface area (Å²) in [5.74, 6) is -1.81. The SMILES string of the molecule is CC(C)C[C@H](CNC(=O)OC(C)OC(=O)CCCC(CO[N+](=O)[O-])O[N+](=O)[O-])CC(=O)O. The van der Waals surface area contributed by atoms with E-state index in [9.17, 15) is 34.6 Å². The van der Waals surface area contributed by atoms with Gasteiger partial charge >= 0.3 is 18.0 Å². The molecule has 0 radical (unpaired) electrons. The van der Waals surface area contributed by atoms with E-state index in [1.165, 1.54) is 6.92 Å². The van der Waals surface area contributed by atoms with E-state index >= 15 is 0 Å². The third kappa shape index (κ3) is 16.4. The Bertz CT molecular complexity index is 642. The van der Waals surface area contributed by atoms with Crippen LogP contribution >= 0.6 is 0 Å². The van der Waals surface area contributed by atoms with Crippen LogP contribution < -0.4 is 5.32 Å². The van der Waals surface area contributed by atoms with Crippen LogP contribution in [0.4, 0.5) is 4.79 Å². The molecule has 1 amide bonds. The second-order valence-electron chi connectivity index (χ2n) is 7.30. The van der Waals surface area contributed by atoms with Crippen LogP contribution in [0, 0.1) is 32.1 Å². The van der Waals surface area contributed by atoms with Crippen molar-refractivity contribution in [3.8, 4) is 0 Å². The number of alkyl carbamates (subject to hydrolysis) is 1. The molecule has 0 aliphatic carbocycles. The van der Waals surface area contributed by atoms with Gasteiger partial charge in [0.15, 0.2) is 0 Å². The molecule has 0 saturated heterocycles. The van der Waals surface area contributed by atoms with E-state index in [0.29, 0.717) is 6.42 Å². The minimum Gasteiger partial charge on any atom is -0.481 e. The maximum Gasteiger partial charge on any atom is 0.410 e. The second-order valence-corrected chi connectivity index (χ2v) is 7.30. The Balaban J connectivity index is 4.31. The number of esters is 1.